The Labute approximate surface area is 102 Å². The summed E-state index contributed by atoms with van der Waals surface area (Å²) in [4.78, 5) is 4.52. The van der Waals surface area contributed by atoms with Gasteiger partial charge in [-0.15, -0.1) is 0 Å². The molecule has 1 heterocycles. The van der Waals surface area contributed by atoms with Crippen LogP contribution in [-0.2, 0) is 12.0 Å². The molecule has 94 valence electrons. The Morgan fingerprint density at radius 3 is 2.53 bits per heavy atom. The highest BCUT2D eigenvalue weighted by molar-refractivity contribution is 5.04. The van der Waals surface area contributed by atoms with Crippen LogP contribution in [0.25, 0.3) is 0 Å². The van der Waals surface area contributed by atoms with Crippen molar-refractivity contribution in [1.82, 2.24) is 10.1 Å². The molecule has 0 bridgehead atoms. The largest absolute Gasteiger partial charge is 0.337 e. The molecule has 0 unspecified atom stereocenters. The van der Waals surface area contributed by atoms with E-state index in [2.05, 4.69) is 10.1 Å². The van der Waals surface area contributed by atoms with Gasteiger partial charge in [0.25, 0.3) is 0 Å². The first-order valence-electron chi connectivity index (χ1n) is 6.88. The number of aromatic nitrogens is 2. The Kier molecular flexibility index (Phi) is 2.90. The van der Waals surface area contributed by atoms with Crippen LogP contribution >= 0.6 is 0 Å². The van der Waals surface area contributed by atoms with Gasteiger partial charge in [0.2, 0.25) is 5.89 Å². The maximum absolute atomic E-state index is 6.44. The molecule has 17 heavy (non-hydrogen) atoms. The zero-order chi connectivity index (χ0) is 11.7. The molecule has 2 aliphatic carbocycles. The van der Waals surface area contributed by atoms with Crippen molar-refractivity contribution in [2.45, 2.75) is 63.3 Å². The van der Waals surface area contributed by atoms with Gasteiger partial charge in [0.05, 0.1) is 5.54 Å². The number of rotatable bonds is 3. The monoisotopic (exact) mass is 235 g/mol. The topological polar surface area (TPSA) is 64.9 Å². The molecule has 1 aromatic rings. The van der Waals surface area contributed by atoms with E-state index in [1.54, 1.807) is 0 Å². The molecule has 0 saturated heterocycles. The second-order valence-electron chi connectivity index (χ2n) is 5.73. The van der Waals surface area contributed by atoms with Gasteiger partial charge in [-0.05, 0) is 31.6 Å². The van der Waals surface area contributed by atoms with Gasteiger partial charge in [0, 0.05) is 6.42 Å². The predicted molar refractivity (Wildman–Crippen MR) is 64.3 cm³/mol. The van der Waals surface area contributed by atoms with Gasteiger partial charge in [0.15, 0.2) is 5.82 Å². The highest BCUT2D eigenvalue weighted by Gasteiger charge is 2.34. The van der Waals surface area contributed by atoms with E-state index in [9.17, 15) is 0 Å². The van der Waals surface area contributed by atoms with Crippen molar-refractivity contribution in [3.63, 3.8) is 0 Å². The summed E-state index contributed by atoms with van der Waals surface area (Å²) in [5.41, 5.74) is 6.09. The number of nitrogens with two attached hydrogens (primary N) is 1. The lowest BCUT2D eigenvalue weighted by Crippen LogP contribution is -2.36. The summed E-state index contributed by atoms with van der Waals surface area (Å²) in [6, 6.07) is 0. The first-order valence-corrected chi connectivity index (χ1v) is 6.88. The second-order valence-corrected chi connectivity index (χ2v) is 5.73. The zero-order valence-electron chi connectivity index (χ0n) is 10.3. The number of nitrogens with zero attached hydrogens (tertiary/aromatic N) is 2. The average molecular weight is 235 g/mol. The zero-order valence-corrected chi connectivity index (χ0v) is 10.3. The van der Waals surface area contributed by atoms with Crippen molar-refractivity contribution in [2.75, 3.05) is 0 Å². The maximum Gasteiger partial charge on any atom is 0.246 e. The summed E-state index contributed by atoms with van der Waals surface area (Å²) in [5.74, 6) is 2.33. The van der Waals surface area contributed by atoms with Crippen LogP contribution in [-0.4, -0.2) is 10.1 Å². The lowest BCUT2D eigenvalue weighted by atomic mass is 9.91. The molecule has 2 N–H and O–H groups in total. The minimum atomic E-state index is -0.356. The molecule has 4 nitrogen and oxygen atoms in total. The summed E-state index contributed by atoms with van der Waals surface area (Å²) in [6.07, 6.45) is 10.5. The second kappa shape index (κ2) is 4.41. The quantitative estimate of drug-likeness (QED) is 0.818. The van der Waals surface area contributed by atoms with Crippen LogP contribution in [0.4, 0.5) is 0 Å². The Bertz CT molecular complexity index is 376. The molecule has 0 atom stereocenters. The van der Waals surface area contributed by atoms with Crippen molar-refractivity contribution < 1.29 is 4.52 Å². The van der Waals surface area contributed by atoms with E-state index in [4.69, 9.17) is 10.3 Å². The minimum absolute atomic E-state index is 0.356. The smallest absolute Gasteiger partial charge is 0.246 e. The number of hydrogen-bond donors (Lipinski definition) is 1. The summed E-state index contributed by atoms with van der Waals surface area (Å²) in [7, 11) is 0. The molecule has 1 aromatic heterocycles. The van der Waals surface area contributed by atoms with E-state index in [1.807, 2.05) is 0 Å². The normalized spacial score (nSPS) is 24.5. The molecular weight excluding hydrogens is 214 g/mol. The van der Waals surface area contributed by atoms with Crippen molar-refractivity contribution in [3.05, 3.63) is 11.7 Å². The van der Waals surface area contributed by atoms with Crippen molar-refractivity contribution in [1.29, 1.82) is 0 Å². The van der Waals surface area contributed by atoms with Gasteiger partial charge in [-0.3, -0.25) is 0 Å². The summed E-state index contributed by atoms with van der Waals surface area (Å²) < 4.78 is 5.41. The molecule has 2 aliphatic rings. The third-order valence-corrected chi connectivity index (χ3v) is 4.06. The molecule has 0 radical (unpaired) electrons. The average Bonchev–Trinajstić information content (AvgIpc) is 3.03. The SMILES string of the molecule is NC1(c2nc(CC3CC3)no2)CCCCCC1. The molecule has 0 aliphatic heterocycles. The van der Waals surface area contributed by atoms with E-state index < -0.39 is 0 Å². The van der Waals surface area contributed by atoms with Crippen LogP contribution in [0.3, 0.4) is 0 Å². The molecule has 0 spiro atoms. The lowest BCUT2D eigenvalue weighted by Gasteiger charge is -2.22. The van der Waals surface area contributed by atoms with Crippen LogP contribution in [0, 0.1) is 5.92 Å². The fraction of sp³-hybridized carbons (Fsp3) is 0.846. The van der Waals surface area contributed by atoms with Crippen molar-refractivity contribution in [3.8, 4) is 0 Å². The van der Waals surface area contributed by atoms with Crippen LogP contribution < -0.4 is 5.73 Å². The molecule has 4 heteroatoms. The summed E-state index contributed by atoms with van der Waals surface area (Å²) >= 11 is 0. The van der Waals surface area contributed by atoms with Crippen LogP contribution in [0.5, 0.6) is 0 Å². The highest BCUT2D eigenvalue weighted by Crippen LogP contribution is 2.34. The summed E-state index contributed by atoms with van der Waals surface area (Å²) in [6.45, 7) is 0. The van der Waals surface area contributed by atoms with Gasteiger partial charge >= 0.3 is 0 Å². The first kappa shape index (κ1) is 11.2. The molecule has 2 saturated carbocycles. The van der Waals surface area contributed by atoms with Gasteiger partial charge in [-0.1, -0.05) is 30.8 Å². The Morgan fingerprint density at radius 1 is 1.18 bits per heavy atom. The number of hydrogen-bond acceptors (Lipinski definition) is 4. The van der Waals surface area contributed by atoms with Gasteiger partial charge in [-0.25, -0.2) is 0 Å². The fourth-order valence-corrected chi connectivity index (χ4v) is 2.69. The van der Waals surface area contributed by atoms with Gasteiger partial charge in [-0.2, -0.15) is 4.98 Å². The van der Waals surface area contributed by atoms with E-state index >= 15 is 0 Å². The molecule has 2 fully saturated rings. The lowest BCUT2D eigenvalue weighted by molar-refractivity contribution is 0.256. The predicted octanol–water partition coefficient (Wildman–Crippen LogP) is 2.53. The van der Waals surface area contributed by atoms with Crippen LogP contribution in [0.2, 0.25) is 0 Å². The third-order valence-electron chi connectivity index (χ3n) is 4.06. The van der Waals surface area contributed by atoms with E-state index in [-0.39, 0.29) is 5.54 Å². The molecular formula is C13H21N3O. The maximum atomic E-state index is 6.44. The summed E-state index contributed by atoms with van der Waals surface area (Å²) in [5, 5.41) is 4.08. The fourth-order valence-electron chi connectivity index (χ4n) is 2.69. The first-order chi connectivity index (χ1) is 8.26. The van der Waals surface area contributed by atoms with E-state index in [0.29, 0.717) is 5.89 Å². The van der Waals surface area contributed by atoms with Crippen molar-refractivity contribution in [2.24, 2.45) is 11.7 Å². The highest BCUT2D eigenvalue weighted by atomic mass is 16.5. The Hall–Kier alpha value is -0.900. The van der Waals surface area contributed by atoms with Gasteiger partial charge < -0.3 is 10.3 Å². The molecule has 3 rings (SSSR count). The Balaban J connectivity index is 1.73. The Morgan fingerprint density at radius 2 is 1.88 bits per heavy atom. The van der Waals surface area contributed by atoms with Crippen LogP contribution in [0.1, 0.15) is 63.1 Å². The third kappa shape index (κ3) is 2.51. The standard InChI is InChI=1S/C13H21N3O/c14-13(7-3-1-2-4-8-13)12-15-11(16-17-12)9-10-5-6-10/h10H,1-9,14H2. The van der Waals surface area contributed by atoms with E-state index in [1.165, 1.54) is 38.5 Å². The van der Waals surface area contributed by atoms with Crippen molar-refractivity contribution >= 4 is 0 Å². The van der Waals surface area contributed by atoms with Crippen LogP contribution in [0.15, 0.2) is 4.52 Å². The molecule has 0 amide bonds. The minimum Gasteiger partial charge on any atom is -0.337 e. The van der Waals surface area contributed by atoms with E-state index in [0.717, 1.165) is 31.0 Å². The van der Waals surface area contributed by atoms with Gasteiger partial charge in [0.1, 0.15) is 0 Å². The molecule has 0 aromatic carbocycles.